The molecule has 0 bridgehead atoms. The molecule has 0 fully saturated rings. The highest BCUT2D eigenvalue weighted by Crippen LogP contribution is 2.22. The van der Waals surface area contributed by atoms with Crippen molar-refractivity contribution in [1.29, 1.82) is 0 Å². The number of urea groups is 1. The van der Waals surface area contributed by atoms with E-state index in [-0.39, 0.29) is 11.4 Å². The Balaban J connectivity index is 1.86. The summed E-state index contributed by atoms with van der Waals surface area (Å²) in [5.41, 5.74) is 0.888. The number of carbonyl (C=O) groups is 1. The molecule has 0 aliphatic rings. The number of pyridine rings is 1. The van der Waals surface area contributed by atoms with Crippen molar-refractivity contribution in [3.8, 4) is 0 Å². The van der Waals surface area contributed by atoms with Gasteiger partial charge in [0.15, 0.2) is 0 Å². The fourth-order valence-corrected chi connectivity index (χ4v) is 1.76. The van der Waals surface area contributed by atoms with Crippen molar-refractivity contribution in [2.45, 2.75) is 6.42 Å². The molecule has 1 aromatic heterocycles. The molecular formula is C14H14N4O3. The van der Waals surface area contributed by atoms with E-state index < -0.39 is 11.0 Å². The van der Waals surface area contributed by atoms with Gasteiger partial charge in [-0.25, -0.2) is 4.79 Å². The van der Waals surface area contributed by atoms with Crippen molar-refractivity contribution in [2.24, 2.45) is 0 Å². The van der Waals surface area contributed by atoms with Crippen LogP contribution >= 0.6 is 0 Å². The van der Waals surface area contributed by atoms with Crippen LogP contribution in [0.5, 0.6) is 0 Å². The lowest BCUT2D eigenvalue weighted by Gasteiger charge is -2.07. The number of hydrogen-bond acceptors (Lipinski definition) is 4. The quantitative estimate of drug-likeness (QED) is 0.651. The van der Waals surface area contributed by atoms with Gasteiger partial charge in [0.05, 0.1) is 4.92 Å². The molecule has 0 spiro atoms. The molecule has 0 unspecified atom stereocenters. The predicted molar refractivity (Wildman–Crippen MR) is 78.1 cm³/mol. The summed E-state index contributed by atoms with van der Waals surface area (Å²) in [6, 6.07) is 11.1. The highest BCUT2D eigenvalue weighted by atomic mass is 16.6. The maximum atomic E-state index is 11.7. The molecule has 2 amide bonds. The van der Waals surface area contributed by atoms with Crippen molar-refractivity contribution < 1.29 is 9.72 Å². The lowest BCUT2D eigenvalue weighted by atomic mass is 10.2. The minimum atomic E-state index is -0.538. The topological polar surface area (TPSA) is 97.2 Å². The summed E-state index contributed by atoms with van der Waals surface area (Å²) >= 11 is 0. The van der Waals surface area contributed by atoms with Crippen molar-refractivity contribution in [3.05, 3.63) is 64.5 Å². The zero-order valence-corrected chi connectivity index (χ0v) is 11.2. The molecule has 2 N–H and O–H groups in total. The number of rotatable bonds is 5. The first-order chi connectivity index (χ1) is 10.2. The predicted octanol–water partition coefficient (Wildman–Crippen LogP) is 2.35. The number of nitro benzene ring substituents is 1. The fraction of sp³-hybridized carbons (Fsp3) is 0.143. The molecule has 7 heteroatoms. The number of benzene rings is 1. The van der Waals surface area contributed by atoms with Gasteiger partial charge >= 0.3 is 6.03 Å². The second-order valence-electron chi connectivity index (χ2n) is 4.23. The van der Waals surface area contributed by atoms with Gasteiger partial charge in [-0.15, -0.1) is 0 Å². The normalized spacial score (nSPS) is 9.90. The number of para-hydroxylation sites is 2. The van der Waals surface area contributed by atoms with Crippen molar-refractivity contribution in [2.75, 3.05) is 11.9 Å². The van der Waals surface area contributed by atoms with Crippen LogP contribution in [0.3, 0.4) is 0 Å². The molecule has 0 saturated carbocycles. The van der Waals surface area contributed by atoms with E-state index in [4.69, 9.17) is 0 Å². The maximum absolute atomic E-state index is 11.7. The van der Waals surface area contributed by atoms with Crippen LogP contribution in [0.15, 0.2) is 48.7 Å². The lowest BCUT2D eigenvalue weighted by molar-refractivity contribution is -0.383. The van der Waals surface area contributed by atoms with E-state index in [1.165, 1.54) is 12.1 Å². The standard InChI is InChI=1S/C14H14N4O3/c19-14(16-10-8-11-5-3-4-9-15-11)17-12-6-1-2-7-13(12)18(20)21/h1-7,9H,8,10H2,(H2,16,17,19). The first-order valence-electron chi connectivity index (χ1n) is 6.35. The average Bonchev–Trinajstić information content (AvgIpc) is 2.48. The van der Waals surface area contributed by atoms with Crippen LogP contribution in [0.25, 0.3) is 0 Å². The molecule has 2 rings (SSSR count). The van der Waals surface area contributed by atoms with Crippen LogP contribution in [-0.2, 0) is 6.42 Å². The van der Waals surface area contributed by atoms with E-state index in [2.05, 4.69) is 15.6 Å². The summed E-state index contributed by atoms with van der Waals surface area (Å²) in [4.78, 5) is 26.1. The Morgan fingerprint density at radius 1 is 1.19 bits per heavy atom. The Hall–Kier alpha value is -2.96. The Bertz CT molecular complexity index is 631. The van der Waals surface area contributed by atoms with E-state index in [0.29, 0.717) is 13.0 Å². The highest BCUT2D eigenvalue weighted by Gasteiger charge is 2.14. The molecule has 108 valence electrons. The zero-order valence-electron chi connectivity index (χ0n) is 11.2. The summed E-state index contributed by atoms with van der Waals surface area (Å²) in [6.07, 6.45) is 2.27. The van der Waals surface area contributed by atoms with E-state index >= 15 is 0 Å². The number of nitrogens with one attached hydrogen (secondary N) is 2. The van der Waals surface area contributed by atoms with Crippen molar-refractivity contribution in [3.63, 3.8) is 0 Å². The van der Waals surface area contributed by atoms with E-state index in [9.17, 15) is 14.9 Å². The number of aromatic nitrogens is 1. The number of anilines is 1. The smallest absolute Gasteiger partial charge is 0.319 e. The van der Waals surface area contributed by atoms with Crippen LogP contribution in [0.1, 0.15) is 5.69 Å². The molecule has 0 aliphatic heterocycles. The number of carbonyl (C=O) groups excluding carboxylic acids is 1. The molecule has 7 nitrogen and oxygen atoms in total. The first-order valence-corrected chi connectivity index (χ1v) is 6.35. The largest absolute Gasteiger partial charge is 0.337 e. The van der Waals surface area contributed by atoms with Gasteiger partial charge < -0.3 is 10.6 Å². The van der Waals surface area contributed by atoms with Crippen LogP contribution in [0.2, 0.25) is 0 Å². The molecule has 0 atom stereocenters. The van der Waals surface area contributed by atoms with Gasteiger partial charge in [-0.05, 0) is 18.2 Å². The molecule has 2 aromatic rings. The summed E-state index contributed by atoms with van der Waals surface area (Å²) < 4.78 is 0. The van der Waals surface area contributed by atoms with Crippen molar-refractivity contribution >= 4 is 17.4 Å². The summed E-state index contributed by atoms with van der Waals surface area (Å²) in [6.45, 7) is 0.392. The molecule has 1 heterocycles. The molecule has 0 aliphatic carbocycles. The van der Waals surface area contributed by atoms with Crippen molar-refractivity contribution in [1.82, 2.24) is 10.3 Å². The second-order valence-corrected chi connectivity index (χ2v) is 4.23. The third-order valence-corrected chi connectivity index (χ3v) is 2.74. The van der Waals surface area contributed by atoms with Gasteiger partial charge in [-0.1, -0.05) is 18.2 Å². The van der Waals surface area contributed by atoms with Crippen LogP contribution in [0.4, 0.5) is 16.2 Å². The monoisotopic (exact) mass is 286 g/mol. The van der Waals surface area contributed by atoms with Crippen LogP contribution in [0, 0.1) is 10.1 Å². The van der Waals surface area contributed by atoms with E-state index in [1.54, 1.807) is 18.3 Å². The van der Waals surface area contributed by atoms with E-state index in [0.717, 1.165) is 5.69 Å². The van der Waals surface area contributed by atoms with E-state index in [1.807, 2.05) is 18.2 Å². The van der Waals surface area contributed by atoms with Gasteiger partial charge in [-0.2, -0.15) is 0 Å². The molecule has 21 heavy (non-hydrogen) atoms. The fourth-order valence-electron chi connectivity index (χ4n) is 1.76. The Kier molecular flexibility index (Phi) is 4.81. The van der Waals surface area contributed by atoms with Crippen LogP contribution < -0.4 is 10.6 Å². The summed E-state index contributed by atoms with van der Waals surface area (Å²) in [5.74, 6) is 0. The minimum absolute atomic E-state index is 0.141. The lowest BCUT2D eigenvalue weighted by Crippen LogP contribution is -2.30. The zero-order chi connectivity index (χ0) is 15.1. The number of nitro groups is 1. The maximum Gasteiger partial charge on any atom is 0.319 e. The van der Waals surface area contributed by atoms with Gasteiger partial charge in [0.25, 0.3) is 5.69 Å². The second kappa shape index (κ2) is 6.99. The minimum Gasteiger partial charge on any atom is -0.337 e. The summed E-state index contributed by atoms with van der Waals surface area (Å²) in [7, 11) is 0. The highest BCUT2D eigenvalue weighted by molar-refractivity contribution is 5.91. The number of nitrogens with zero attached hydrogens (tertiary/aromatic N) is 2. The number of amides is 2. The average molecular weight is 286 g/mol. The third kappa shape index (κ3) is 4.27. The van der Waals surface area contributed by atoms with Gasteiger partial charge in [0.2, 0.25) is 0 Å². The molecular weight excluding hydrogens is 272 g/mol. The molecule has 0 saturated heterocycles. The SMILES string of the molecule is O=C(NCCc1ccccn1)Nc1ccccc1[N+](=O)[O-]. The Morgan fingerprint density at radius 2 is 1.95 bits per heavy atom. The Morgan fingerprint density at radius 3 is 2.67 bits per heavy atom. The first kappa shape index (κ1) is 14.4. The van der Waals surface area contributed by atoms with Gasteiger partial charge in [0.1, 0.15) is 5.69 Å². The number of hydrogen-bond donors (Lipinski definition) is 2. The third-order valence-electron chi connectivity index (χ3n) is 2.74. The molecule has 0 radical (unpaired) electrons. The van der Waals surface area contributed by atoms with Crippen LogP contribution in [-0.4, -0.2) is 22.5 Å². The summed E-state index contributed by atoms with van der Waals surface area (Å²) in [5, 5.41) is 15.9. The van der Waals surface area contributed by atoms with Gasteiger partial charge in [0, 0.05) is 30.9 Å². The molecule has 1 aromatic carbocycles. The Labute approximate surface area is 121 Å². The van der Waals surface area contributed by atoms with Gasteiger partial charge in [-0.3, -0.25) is 15.1 Å².